The third-order valence-corrected chi connectivity index (χ3v) is 3.91. The van der Waals surface area contributed by atoms with Crippen molar-refractivity contribution in [2.75, 3.05) is 33.2 Å². The number of hydrogen-bond acceptors (Lipinski definition) is 3. The zero-order valence-corrected chi connectivity index (χ0v) is 12.6. The Kier molecular flexibility index (Phi) is 7.39. The third-order valence-electron chi connectivity index (χ3n) is 3.91. The number of benzene rings is 1. The van der Waals surface area contributed by atoms with E-state index in [2.05, 4.69) is 47.2 Å². The van der Waals surface area contributed by atoms with E-state index in [0.29, 0.717) is 0 Å². The Hall–Kier alpha value is -0.610. The van der Waals surface area contributed by atoms with E-state index in [0.717, 1.165) is 25.7 Å². The first-order chi connectivity index (χ1) is 8.79. The Morgan fingerprint density at radius 1 is 1.21 bits per heavy atom. The van der Waals surface area contributed by atoms with Gasteiger partial charge in [-0.3, -0.25) is 4.90 Å². The van der Waals surface area contributed by atoms with Crippen molar-refractivity contribution in [2.45, 2.75) is 25.4 Å². The van der Waals surface area contributed by atoms with Gasteiger partial charge in [-0.15, -0.1) is 12.4 Å². The lowest BCUT2D eigenvalue weighted by Gasteiger charge is -2.36. The van der Waals surface area contributed by atoms with Crippen molar-refractivity contribution in [3.05, 3.63) is 35.9 Å². The maximum absolute atomic E-state index is 5.61. The minimum Gasteiger partial charge on any atom is -0.329 e. The molecule has 1 saturated heterocycles. The van der Waals surface area contributed by atoms with E-state index >= 15 is 0 Å². The first-order valence-corrected chi connectivity index (χ1v) is 6.96. The predicted molar refractivity (Wildman–Crippen MR) is 83.7 cm³/mol. The lowest BCUT2D eigenvalue weighted by molar-refractivity contribution is 0.125. The Balaban J connectivity index is 0.00000180. The highest BCUT2D eigenvalue weighted by Crippen LogP contribution is 2.17. The number of likely N-dealkylation sites (N-methyl/N-ethyl adjacent to an activating group) is 1. The van der Waals surface area contributed by atoms with E-state index in [1.807, 2.05) is 0 Å². The number of likely N-dealkylation sites (tertiary alicyclic amines) is 1. The summed E-state index contributed by atoms with van der Waals surface area (Å²) in [6.07, 6.45) is 2.53. The van der Waals surface area contributed by atoms with Crippen LogP contribution in [0.5, 0.6) is 0 Å². The molecule has 0 amide bonds. The summed E-state index contributed by atoms with van der Waals surface area (Å²) >= 11 is 0. The van der Waals surface area contributed by atoms with E-state index < -0.39 is 0 Å². The SMILES string of the molecule is CN(CCN)C1CCN(Cc2ccccc2)CC1.Cl. The minimum atomic E-state index is 0. The second-order valence-electron chi connectivity index (χ2n) is 5.26. The monoisotopic (exact) mass is 283 g/mol. The topological polar surface area (TPSA) is 32.5 Å². The van der Waals surface area contributed by atoms with Gasteiger partial charge in [-0.25, -0.2) is 0 Å². The van der Waals surface area contributed by atoms with Crippen LogP contribution in [0.3, 0.4) is 0 Å². The molecular weight excluding hydrogens is 258 g/mol. The van der Waals surface area contributed by atoms with Gasteiger partial charge in [-0.1, -0.05) is 30.3 Å². The van der Waals surface area contributed by atoms with Crippen molar-refractivity contribution in [1.82, 2.24) is 9.80 Å². The molecule has 1 aromatic carbocycles. The van der Waals surface area contributed by atoms with E-state index in [4.69, 9.17) is 5.73 Å². The Labute approximate surface area is 123 Å². The second-order valence-corrected chi connectivity index (χ2v) is 5.26. The second kappa shape index (κ2) is 8.54. The van der Waals surface area contributed by atoms with E-state index in [1.165, 1.54) is 31.5 Å². The number of hydrogen-bond donors (Lipinski definition) is 1. The van der Waals surface area contributed by atoms with Gasteiger partial charge in [0, 0.05) is 25.7 Å². The van der Waals surface area contributed by atoms with Crippen LogP contribution in [0.1, 0.15) is 18.4 Å². The summed E-state index contributed by atoms with van der Waals surface area (Å²) in [5.74, 6) is 0. The zero-order chi connectivity index (χ0) is 12.8. The van der Waals surface area contributed by atoms with Crippen molar-refractivity contribution in [3.63, 3.8) is 0 Å². The quantitative estimate of drug-likeness (QED) is 0.897. The smallest absolute Gasteiger partial charge is 0.0233 e. The molecule has 0 radical (unpaired) electrons. The van der Waals surface area contributed by atoms with Gasteiger partial charge in [0.1, 0.15) is 0 Å². The van der Waals surface area contributed by atoms with Crippen LogP contribution in [0.25, 0.3) is 0 Å². The van der Waals surface area contributed by atoms with Crippen molar-refractivity contribution in [1.29, 1.82) is 0 Å². The van der Waals surface area contributed by atoms with Crippen LogP contribution in [0.15, 0.2) is 30.3 Å². The molecule has 4 heteroatoms. The van der Waals surface area contributed by atoms with E-state index in [-0.39, 0.29) is 12.4 Å². The Morgan fingerprint density at radius 2 is 1.84 bits per heavy atom. The molecule has 0 aliphatic carbocycles. The predicted octanol–water partition coefficient (Wildman–Crippen LogP) is 1.96. The fourth-order valence-electron chi connectivity index (χ4n) is 2.75. The highest BCUT2D eigenvalue weighted by atomic mass is 35.5. The standard InChI is InChI=1S/C15H25N3.ClH/c1-17(12-9-16)15-7-10-18(11-8-15)13-14-5-3-2-4-6-14;/h2-6,15H,7-13,16H2,1H3;1H. The molecule has 2 N–H and O–H groups in total. The fourth-order valence-corrected chi connectivity index (χ4v) is 2.75. The molecule has 0 aromatic heterocycles. The highest BCUT2D eigenvalue weighted by molar-refractivity contribution is 5.85. The van der Waals surface area contributed by atoms with Gasteiger partial charge in [-0.05, 0) is 38.5 Å². The molecule has 108 valence electrons. The summed E-state index contributed by atoms with van der Waals surface area (Å²) in [6.45, 7) is 5.28. The van der Waals surface area contributed by atoms with Crippen LogP contribution >= 0.6 is 12.4 Å². The molecule has 1 aliphatic rings. The van der Waals surface area contributed by atoms with Gasteiger partial charge in [0.05, 0.1) is 0 Å². The maximum Gasteiger partial charge on any atom is 0.0233 e. The largest absolute Gasteiger partial charge is 0.329 e. The normalized spacial score (nSPS) is 17.4. The fraction of sp³-hybridized carbons (Fsp3) is 0.600. The first kappa shape index (κ1) is 16.4. The summed E-state index contributed by atoms with van der Waals surface area (Å²) in [7, 11) is 2.20. The first-order valence-electron chi connectivity index (χ1n) is 6.96. The molecule has 1 heterocycles. The number of halogens is 1. The lowest BCUT2D eigenvalue weighted by Crippen LogP contribution is -2.44. The van der Waals surface area contributed by atoms with Gasteiger partial charge in [0.2, 0.25) is 0 Å². The van der Waals surface area contributed by atoms with Crippen molar-refractivity contribution >= 4 is 12.4 Å². The average molecular weight is 284 g/mol. The van der Waals surface area contributed by atoms with Crippen LogP contribution in [-0.2, 0) is 6.54 Å². The maximum atomic E-state index is 5.61. The third kappa shape index (κ3) is 5.11. The molecule has 1 fully saturated rings. The van der Waals surface area contributed by atoms with Crippen LogP contribution in [0.2, 0.25) is 0 Å². The average Bonchev–Trinajstić information content (AvgIpc) is 2.41. The molecule has 0 spiro atoms. The van der Waals surface area contributed by atoms with Crippen LogP contribution in [-0.4, -0.2) is 49.1 Å². The van der Waals surface area contributed by atoms with Crippen LogP contribution in [0, 0.1) is 0 Å². The molecule has 0 unspecified atom stereocenters. The molecule has 2 rings (SSSR count). The highest BCUT2D eigenvalue weighted by Gasteiger charge is 2.21. The van der Waals surface area contributed by atoms with Crippen LogP contribution in [0.4, 0.5) is 0 Å². The Morgan fingerprint density at radius 3 is 2.42 bits per heavy atom. The van der Waals surface area contributed by atoms with Gasteiger partial charge < -0.3 is 10.6 Å². The van der Waals surface area contributed by atoms with Gasteiger partial charge >= 0.3 is 0 Å². The lowest BCUT2D eigenvalue weighted by atomic mass is 10.0. The van der Waals surface area contributed by atoms with Crippen molar-refractivity contribution < 1.29 is 0 Å². The molecule has 0 saturated carbocycles. The summed E-state index contributed by atoms with van der Waals surface area (Å²) in [6, 6.07) is 11.5. The van der Waals surface area contributed by atoms with Gasteiger partial charge in [0.15, 0.2) is 0 Å². The minimum absolute atomic E-state index is 0. The number of rotatable bonds is 5. The number of nitrogens with zero attached hydrogens (tertiary/aromatic N) is 2. The van der Waals surface area contributed by atoms with E-state index in [9.17, 15) is 0 Å². The number of nitrogens with two attached hydrogens (primary N) is 1. The molecular formula is C15H26ClN3. The summed E-state index contributed by atoms with van der Waals surface area (Å²) in [4.78, 5) is 4.97. The Bertz CT molecular complexity index is 337. The van der Waals surface area contributed by atoms with Gasteiger partial charge in [-0.2, -0.15) is 0 Å². The number of piperidine rings is 1. The van der Waals surface area contributed by atoms with E-state index in [1.54, 1.807) is 0 Å². The van der Waals surface area contributed by atoms with Crippen molar-refractivity contribution in [2.24, 2.45) is 5.73 Å². The zero-order valence-electron chi connectivity index (χ0n) is 11.8. The molecule has 0 bridgehead atoms. The summed E-state index contributed by atoms with van der Waals surface area (Å²) in [5.41, 5.74) is 7.04. The van der Waals surface area contributed by atoms with Gasteiger partial charge in [0.25, 0.3) is 0 Å². The molecule has 3 nitrogen and oxygen atoms in total. The molecule has 19 heavy (non-hydrogen) atoms. The molecule has 1 aromatic rings. The van der Waals surface area contributed by atoms with Crippen LogP contribution < -0.4 is 5.73 Å². The molecule has 0 atom stereocenters. The van der Waals surface area contributed by atoms with Crippen molar-refractivity contribution in [3.8, 4) is 0 Å². The summed E-state index contributed by atoms with van der Waals surface area (Å²) in [5, 5.41) is 0. The summed E-state index contributed by atoms with van der Waals surface area (Å²) < 4.78 is 0. The molecule has 1 aliphatic heterocycles.